The summed E-state index contributed by atoms with van der Waals surface area (Å²) in [6, 6.07) is 9.78. The summed E-state index contributed by atoms with van der Waals surface area (Å²) in [6.07, 6.45) is 5.32. The van der Waals surface area contributed by atoms with Crippen LogP contribution in [-0.4, -0.2) is 68.4 Å². The van der Waals surface area contributed by atoms with E-state index in [-0.39, 0.29) is 5.91 Å². The van der Waals surface area contributed by atoms with Gasteiger partial charge in [0.05, 0.1) is 20.8 Å². The second-order valence-corrected chi connectivity index (χ2v) is 10.1. The Morgan fingerprint density at radius 2 is 1.58 bits per heavy atom. The molecule has 1 saturated heterocycles. The van der Waals surface area contributed by atoms with E-state index in [9.17, 15) is 4.79 Å². The van der Waals surface area contributed by atoms with Crippen LogP contribution in [0.4, 0.5) is 5.69 Å². The lowest BCUT2D eigenvalue weighted by molar-refractivity contribution is -0.117. The molecule has 3 aliphatic rings. The average molecular weight is 496 g/mol. The second-order valence-electron chi connectivity index (χ2n) is 10.1. The minimum Gasteiger partial charge on any atom is -0.493 e. The maximum absolute atomic E-state index is 12.8. The third kappa shape index (κ3) is 5.39. The molecule has 36 heavy (non-hydrogen) atoms. The molecule has 5 rings (SSSR count). The predicted molar refractivity (Wildman–Crippen MR) is 138 cm³/mol. The first-order valence-electron chi connectivity index (χ1n) is 12.9. The van der Waals surface area contributed by atoms with Gasteiger partial charge < -0.3 is 24.3 Å². The van der Waals surface area contributed by atoms with Gasteiger partial charge in [-0.15, -0.1) is 0 Å². The topological polar surface area (TPSA) is 72.5 Å². The van der Waals surface area contributed by atoms with E-state index in [4.69, 9.17) is 18.9 Å². The molecule has 0 unspecified atom stereocenters. The summed E-state index contributed by atoms with van der Waals surface area (Å²) in [5, 5.41) is 3.04. The fraction of sp³-hybridized carbons (Fsp3) is 0.536. The van der Waals surface area contributed by atoms with Crippen LogP contribution in [0.25, 0.3) is 0 Å². The van der Waals surface area contributed by atoms with Gasteiger partial charge in [-0.1, -0.05) is 6.42 Å². The van der Waals surface area contributed by atoms with Crippen molar-refractivity contribution in [2.24, 2.45) is 0 Å². The number of aryl methyl sites for hydroxylation is 1. The molecular formula is C28H37N3O5. The van der Waals surface area contributed by atoms with Crippen molar-refractivity contribution in [3.63, 3.8) is 0 Å². The number of rotatable bonds is 7. The van der Waals surface area contributed by atoms with E-state index in [1.165, 1.54) is 17.5 Å². The molecule has 2 aromatic rings. The lowest BCUT2D eigenvalue weighted by Gasteiger charge is -2.34. The molecule has 1 saturated carbocycles. The standard InChI is InChI=1S/C28H37N3O5/c1-20-15-24(33-2)25(34-3)16-21(20)18-30-11-13-31(14-12-30)19-27(32)29-22-7-8-23-26(17-22)36-28(35-23)9-5-4-6-10-28/h7-8,15-17H,4-6,9-14,18-19H2,1-3H3,(H,29,32). The van der Waals surface area contributed by atoms with Crippen LogP contribution in [0, 0.1) is 6.92 Å². The Morgan fingerprint density at radius 1 is 0.917 bits per heavy atom. The van der Waals surface area contributed by atoms with E-state index in [0.29, 0.717) is 6.54 Å². The molecule has 2 heterocycles. The first-order chi connectivity index (χ1) is 17.5. The van der Waals surface area contributed by atoms with Crippen LogP contribution in [0.5, 0.6) is 23.0 Å². The largest absolute Gasteiger partial charge is 0.493 e. The maximum Gasteiger partial charge on any atom is 0.251 e. The number of piperazine rings is 1. The number of methoxy groups -OCH3 is 2. The smallest absolute Gasteiger partial charge is 0.251 e. The lowest BCUT2D eigenvalue weighted by atomic mass is 9.94. The van der Waals surface area contributed by atoms with Crippen LogP contribution in [0.1, 0.15) is 43.2 Å². The van der Waals surface area contributed by atoms with Gasteiger partial charge in [0.2, 0.25) is 5.91 Å². The summed E-state index contributed by atoms with van der Waals surface area (Å²) in [5.41, 5.74) is 3.17. The Morgan fingerprint density at radius 3 is 2.31 bits per heavy atom. The summed E-state index contributed by atoms with van der Waals surface area (Å²) >= 11 is 0. The molecule has 8 heteroatoms. The molecule has 0 radical (unpaired) electrons. The summed E-state index contributed by atoms with van der Waals surface area (Å²) in [4.78, 5) is 17.4. The van der Waals surface area contributed by atoms with Crippen molar-refractivity contribution in [1.82, 2.24) is 9.80 Å². The van der Waals surface area contributed by atoms with Gasteiger partial charge in [0.1, 0.15) is 0 Å². The number of nitrogens with zero attached hydrogens (tertiary/aromatic N) is 2. The zero-order chi connectivity index (χ0) is 25.1. The SMILES string of the molecule is COc1cc(C)c(CN2CCN(CC(=O)Nc3ccc4c(c3)OC3(CCCCC3)O4)CC2)cc1OC. The highest BCUT2D eigenvalue weighted by atomic mass is 16.7. The van der Waals surface area contributed by atoms with Crippen LogP contribution >= 0.6 is 0 Å². The van der Waals surface area contributed by atoms with E-state index in [0.717, 1.165) is 87.1 Å². The number of carbonyl (C=O) groups is 1. The maximum atomic E-state index is 12.8. The van der Waals surface area contributed by atoms with Gasteiger partial charge in [-0.05, 0) is 55.2 Å². The number of anilines is 1. The number of hydrogen-bond acceptors (Lipinski definition) is 7. The number of benzene rings is 2. The van der Waals surface area contributed by atoms with Crippen molar-refractivity contribution in [3.8, 4) is 23.0 Å². The molecule has 0 aromatic heterocycles. The van der Waals surface area contributed by atoms with Gasteiger partial charge in [0, 0.05) is 57.3 Å². The third-order valence-electron chi connectivity index (χ3n) is 7.50. The van der Waals surface area contributed by atoms with Crippen LogP contribution < -0.4 is 24.3 Å². The molecule has 1 spiro atoms. The molecule has 194 valence electrons. The van der Waals surface area contributed by atoms with Crippen molar-refractivity contribution in [1.29, 1.82) is 0 Å². The first-order valence-corrected chi connectivity index (χ1v) is 12.9. The quantitative estimate of drug-likeness (QED) is 0.617. The average Bonchev–Trinajstić information content (AvgIpc) is 3.22. The Kier molecular flexibility index (Phi) is 7.25. The van der Waals surface area contributed by atoms with E-state index in [1.807, 2.05) is 24.3 Å². The van der Waals surface area contributed by atoms with Crippen LogP contribution in [0.2, 0.25) is 0 Å². The fourth-order valence-electron chi connectivity index (χ4n) is 5.41. The molecule has 0 bridgehead atoms. The molecular weight excluding hydrogens is 458 g/mol. The second kappa shape index (κ2) is 10.6. The molecule has 2 fully saturated rings. The highest BCUT2D eigenvalue weighted by molar-refractivity contribution is 5.92. The monoisotopic (exact) mass is 495 g/mol. The van der Waals surface area contributed by atoms with Crippen molar-refractivity contribution in [2.75, 3.05) is 52.3 Å². The van der Waals surface area contributed by atoms with E-state index >= 15 is 0 Å². The number of carbonyl (C=O) groups excluding carboxylic acids is 1. The Balaban J connectivity index is 1.10. The third-order valence-corrected chi connectivity index (χ3v) is 7.50. The minimum absolute atomic E-state index is 0.00886. The molecule has 1 aliphatic carbocycles. The highest BCUT2D eigenvalue weighted by Gasteiger charge is 2.42. The van der Waals surface area contributed by atoms with Gasteiger partial charge in [0.15, 0.2) is 23.0 Å². The molecule has 0 atom stereocenters. The molecule has 8 nitrogen and oxygen atoms in total. The Labute approximate surface area is 213 Å². The first kappa shape index (κ1) is 24.7. The fourth-order valence-corrected chi connectivity index (χ4v) is 5.41. The van der Waals surface area contributed by atoms with E-state index < -0.39 is 5.79 Å². The summed E-state index contributed by atoms with van der Waals surface area (Å²) in [7, 11) is 3.32. The van der Waals surface area contributed by atoms with Crippen molar-refractivity contribution < 1.29 is 23.7 Å². The number of hydrogen-bond donors (Lipinski definition) is 1. The molecule has 2 aliphatic heterocycles. The molecule has 1 N–H and O–H groups in total. The molecule has 2 aromatic carbocycles. The Hall–Kier alpha value is -2.97. The number of fused-ring (bicyclic) bond motifs is 1. The summed E-state index contributed by atoms with van der Waals surface area (Å²) in [5.74, 6) is 2.50. The van der Waals surface area contributed by atoms with E-state index in [2.05, 4.69) is 28.1 Å². The van der Waals surface area contributed by atoms with Gasteiger partial charge in [0.25, 0.3) is 5.79 Å². The summed E-state index contributed by atoms with van der Waals surface area (Å²) in [6.45, 7) is 6.85. The minimum atomic E-state index is -0.502. The number of ether oxygens (including phenoxy) is 4. The van der Waals surface area contributed by atoms with E-state index in [1.54, 1.807) is 14.2 Å². The highest BCUT2D eigenvalue weighted by Crippen LogP contribution is 2.46. The van der Waals surface area contributed by atoms with Crippen molar-refractivity contribution >= 4 is 11.6 Å². The van der Waals surface area contributed by atoms with Crippen LogP contribution in [0.3, 0.4) is 0 Å². The number of amides is 1. The predicted octanol–water partition coefficient (Wildman–Crippen LogP) is 4.20. The van der Waals surface area contributed by atoms with Gasteiger partial charge >= 0.3 is 0 Å². The van der Waals surface area contributed by atoms with Crippen molar-refractivity contribution in [3.05, 3.63) is 41.5 Å². The van der Waals surface area contributed by atoms with Gasteiger partial charge in [-0.3, -0.25) is 14.6 Å². The van der Waals surface area contributed by atoms with Crippen LogP contribution in [-0.2, 0) is 11.3 Å². The van der Waals surface area contributed by atoms with Crippen LogP contribution in [0.15, 0.2) is 30.3 Å². The zero-order valence-electron chi connectivity index (χ0n) is 21.6. The zero-order valence-corrected chi connectivity index (χ0v) is 21.6. The normalized spacial score (nSPS) is 19.3. The molecule has 1 amide bonds. The Bertz CT molecular complexity index is 1090. The van der Waals surface area contributed by atoms with Gasteiger partial charge in [-0.2, -0.15) is 0 Å². The number of nitrogens with one attached hydrogen (secondary N) is 1. The van der Waals surface area contributed by atoms with Gasteiger partial charge in [-0.25, -0.2) is 0 Å². The lowest BCUT2D eigenvalue weighted by Crippen LogP contribution is -2.48. The summed E-state index contributed by atoms with van der Waals surface area (Å²) < 4.78 is 23.2. The van der Waals surface area contributed by atoms with Crippen molar-refractivity contribution in [2.45, 2.75) is 51.4 Å².